The minimum atomic E-state index is -0.449. The van der Waals surface area contributed by atoms with Crippen LogP contribution in [0, 0.1) is 0 Å². The summed E-state index contributed by atoms with van der Waals surface area (Å²) in [5.74, 6) is 0.700. The van der Waals surface area contributed by atoms with Crippen LogP contribution in [0.15, 0.2) is 41.6 Å². The Kier molecular flexibility index (Phi) is 6.19. The van der Waals surface area contributed by atoms with Gasteiger partial charge in [0.2, 0.25) is 11.1 Å². The predicted octanol–water partition coefficient (Wildman–Crippen LogP) is 4.71. The third-order valence-corrected chi connectivity index (χ3v) is 6.68. The summed E-state index contributed by atoms with van der Waals surface area (Å²) in [7, 11) is 0. The number of H-pyrrole nitrogens is 1. The number of ether oxygens (including phenoxy) is 1. The van der Waals surface area contributed by atoms with E-state index in [1.54, 1.807) is 19.9 Å². The number of esters is 1. The number of anilines is 1. The monoisotopic (exact) mass is 442 g/mol. The fraction of sp³-hybridized carbons (Fsp3) is 0.333. The van der Waals surface area contributed by atoms with Crippen molar-refractivity contribution in [2.45, 2.75) is 43.0 Å². The molecule has 0 aliphatic heterocycles. The summed E-state index contributed by atoms with van der Waals surface area (Å²) >= 11 is 2.64. The molecule has 1 aliphatic carbocycles. The number of benzene rings is 1. The van der Waals surface area contributed by atoms with Crippen molar-refractivity contribution >= 4 is 40.0 Å². The van der Waals surface area contributed by atoms with Gasteiger partial charge in [0.1, 0.15) is 10.8 Å². The Morgan fingerprint density at radius 3 is 2.80 bits per heavy atom. The third-order valence-electron chi connectivity index (χ3n) is 4.62. The van der Waals surface area contributed by atoms with Crippen LogP contribution < -0.4 is 5.32 Å². The first-order chi connectivity index (χ1) is 14.5. The van der Waals surface area contributed by atoms with E-state index in [9.17, 15) is 9.59 Å². The molecule has 2 N–H and O–H groups in total. The van der Waals surface area contributed by atoms with Gasteiger partial charge in [-0.25, -0.2) is 9.78 Å². The molecule has 3 aromatic rings. The molecule has 156 valence electrons. The number of aromatic nitrogens is 3. The Balaban J connectivity index is 1.50. The van der Waals surface area contributed by atoms with Crippen LogP contribution in [0.3, 0.4) is 0 Å². The predicted molar refractivity (Wildman–Crippen MR) is 118 cm³/mol. The standard InChI is InChI=1S/C21H22N4O3S2/c1-3-28-20(27)15-11-16(13-7-5-4-6-8-13)30-19(15)23-18(26)12(2)29-21-22-17(24-25-21)14-9-10-14/h4-8,11-12,14H,3,9-10H2,1-2H3,(H,23,26)(H,22,24,25). The van der Waals surface area contributed by atoms with Crippen molar-refractivity contribution in [2.24, 2.45) is 0 Å². The molecule has 1 amide bonds. The molecule has 1 unspecified atom stereocenters. The van der Waals surface area contributed by atoms with E-state index < -0.39 is 11.2 Å². The third kappa shape index (κ3) is 4.73. The number of hydrogen-bond acceptors (Lipinski definition) is 7. The van der Waals surface area contributed by atoms with Crippen LogP contribution in [0.5, 0.6) is 0 Å². The van der Waals surface area contributed by atoms with E-state index in [-0.39, 0.29) is 12.5 Å². The Labute approximate surface area is 182 Å². The summed E-state index contributed by atoms with van der Waals surface area (Å²) < 4.78 is 5.17. The SMILES string of the molecule is CCOC(=O)c1cc(-c2ccccc2)sc1NC(=O)C(C)Sc1n[nH]c(C2CC2)n1. The second kappa shape index (κ2) is 9.01. The highest BCUT2D eigenvalue weighted by Gasteiger charge is 2.28. The molecule has 4 rings (SSSR count). The van der Waals surface area contributed by atoms with Crippen molar-refractivity contribution in [3.63, 3.8) is 0 Å². The Bertz CT molecular complexity index is 1040. The molecule has 7 nitrogen and oxygen atoms in total. The molecule has 1 saturated carbocycles. The second-order valence-electron chi connectivity index (χ2n) is 6.97. The van der Waals surface area contributed by atoms with Crippen LogP contribution >= 0.6 is 23.1 Å². The van der Waals surface area contributed by atoms with Crippen LogP contribution in [0.25, 0.3) is 10.4 Å². The van der Waals surface area contributed by atoms with Crippen molar-refractivity contribution in [1.82, 2.24) is 15.2 Å². The normalized spacial score (nSPS) is 14.3. The average Bonchev–Trinajstić information content (AvgIpc) is 3.35. The van der Waals surface area contributed by atoms with Crippen LogP contribution in [0.2, 0.25) is 0 Å². The first-order valence-electron chi connectivity index (χ1n) is 9.81. The van der Waals surface area contributed by atoms with E-state index in [0.29, 0.717) is 21.6 Å². The fourth-order valence-electron chi connectivity index (χ4n) is 2.86. The lowest BCUT2D eigenvalue weighted by Gasteiger charge is -2.10. The van der Waals surface area contributed by atoms with Crippen molar-refractivity contribution in [2.75, 3.05) is 11.9 Å². The highest BCUT2D eigenvalue weighted by atomic mass is 32.2. The fourth-order valence-corrected chi connectivity index (χ4v) is 4.65. The van der Waals surface area contributed by atoms with Crippen molar-refractivity contribution in [3.8, 4) is 10.4 Å². The topological polar surface area (TPSA) is 97.0 Å². The number of nitrogens with zero attached hydrogens (tertiary/aromatic N) is 2. The van der Waals surface area contributed by atoms with E-state index in [1.165, 1.54) is 23.1 Å². The summed E-state index contributed by atoms with van der Waals surface area (Å²) in [6, 6.07) is 11.5. The molecular formula is C21H22N4O3S2. The zero-order valence-electron chi connectivity index (χ0n) is 16.7. The van der Waals surface area contributed by atoms with Gasteiger partial charge in [-0.1, -0.05) is 42.1 Å². The number of carbonyl (C=O) groups is 2. The summed E-state index contributed by atoms with van der Waals surface area (Å²) in [6.45, 7) is 3.82. The van der Waals surface area contributed by atoms with Crippen LogP contribution in [-0.4, -0.2) is 38.9 Å². The molecule has 9 heteroatoms. The number of amides is 1. The molecule has 1 fully saturated rings. The largest absolute Gasteiger partial charge is 0.462 e. The van der Waals surface area contributed by atoms with Gasteiger partial charge in [-0.2, -0.15) is 0 Å². The van der Waals surface area contributed by atoms with E-state index in [1.807, 2.05) is 30.3 Å². The second-order valence-corrected chi connectivity index (χ2v) is 9.33. The molecule has 2 heterocycles. The zero-order valence-corrected chi connectivity index (χ0v) is 18.3. The van der Waals surface area contributed by atoms with E-state index in [2.05, 4.69) is 20.5 Å². The Morgan fingerprint density at radius 2 is 2.10 bits per heavy atom. The van der Waals surface area contributed by atoms with Gasteiger partial charge in [0.25, 0.3) is 0 Å². The van der Waals surface area contributed by atoms with Gasteiger partial charge >= 0.3 is 5.97 Å². The first-order valence-corrected chi connectivity index (χ1v) is 11.5. The van der Waals surface area contributed by atoms with Crippen molar-refractivity contribution in [1.29, 1.82) is 0 Å². The number of carbonyl (C=O) groups excluding carboxylic acids is 2. The van der Waals surface area contributed by atoms with Crippen LogP contribution in [-0.2, 0) is 9.53 Å². The molecule has 1 aliphatic rings. The molecule has 0 radical (unpaired) electrons. The lowest BCUT2D eigenvalue weighted by molar-refractivity contribution is -0.115. The summed E-state index contributed by atoms with van der Waals surface area (Å²) in [4.78, 5) is 30.6. The minimum absolute atomic E-state index is 0.218. The highest BCUT2D eigenvalue weighted by molar-refractivity contribution is 8.00. The maximum Gasteiger partial charge on any atom is 0.341 e. The van der Waals surface area contributed by atoms with Gasteiger partial charge in [-0.3, -0.25) is 9.89 Å². The Morgan fingerprint density at radius 1 is 1.33 bits per heavy atom. The molecule has 0 bridgehead atoms. The molecule has 1 atom stereocenters. The highest BCUT2D eigenvalue weighted by Crippen LogP contribution is 2.39. The first kappa shape index (κ1) is 20.6. The molecule has 30 heavy (non-hydrogen) atoms. The van der Waals surface area contributed by atoms with Crippen LogP contribution in [0.4, 0.5) is 5.00 Å². The number of nitrogens with one attached hydrogen (secondary N) is 2. The summed E-state index contributed by atoms with van der Waals surface area (Å²) in [5, 5.41) is 10.7. The van der Waals surface area contributed by atoms with Crippen molar-refractivity contribution in [3.05, 3.63) is 47.8 Å². The Hall–Kier alpha value is -2.65. The van der Waals surface area contributed by atoms with Crippen LogP contribution in [0.1, 0.15) is 48.8 Å². The maximum absolute atomic E-state index is 12.8. The average molecular weight is 443 g/mol. The minimum Gasteiger partial charge on any atom is -0.462 e. The summed E-state index contributed by atoms with van der Waals surface area (Å²) in [6.07, 6.45) is 2.27. The number of thiophene rings is 1. The molecule has 1 aromatic carbocycles. The molecule has 2 aromatic heterocycles. The number of hydrogen-bond donors (Lipinski definition) is 2. The maximum atomic E-state index is 12.8. The molecular weight excluding hydrogens is 420 g/mol. The van der Waals surface area contributed by atoms with Gasteiger partial charge in [-0.15, -0.1) is 16.4 Å². The number of aromatic amines is 1. The van der Waals surface area contributed by atoms with Crippen molar-refractivity contribution < 1.29 is 14.3 Å². The smallest absolute Gasteiger partial charge is 0.341 e. The van der Waals surface area contributed by atoms with E-state index >= 15 is 0 Å². The number of thioether (sulfide) groups is 1. The van der Waals surface area contributed by atoms with Gasteiger partial charge in [0.15, 0.2) is 0 Å². The number of rotatable bonds is 8. The van der Waals surface area contributed by atoms with Gasteiger partial charge in [0, 0.05) is 10.8 Å². The molecule has 0 saturated heterocycles. The van der Waals surface area contributed by atoms with Gasteiger partial charge in [0.05, 0.1) is 17.4 Å². The molecule has 0 spiro atoms. The lowest BCUT2D eigenvalue weighted by Crippen LogP contribution is -2.23. The quantitative estimate of drug-likeness (QED) is 0.387. The zero-order chi connectivity index (χ0) is 21.1. The van der Waals surface area contributed by atoms with Gasteiger partial charge < -0.3 is 10.1 Å². The van der Waals surface area contributed by atoms with E-state index in [4.69, 9.17) is 4.74 Å². The van der Waals surface area contributed by atoms with Gasteiger partial charge in [-0.05, 0) is 38.3 Å². The lowest BCUT2D eigenvalue weighted by atomic mass is 10.1. The van der Waals surface area contributed by atoms with E-state index in [0.717, 1.165) is 29.1 Å². The summed E-state index contributed by atoms with van der Waals surface area (Å²) in [5.41, 5.74) is 1.34.